The Morgan fingerprint density at radius 3 is 2.88 bits per heavy atom. The number of anilines is 1. The maximum absolute atomic E-state index is 12.2. The van der Waals surface area contributed by atoms with Gasteiger partial charge in [0.15, 0.2) is 6.10 Å². The van der Waals surface area contributed by atoms with Gasteiger partial charge in [0, 0.05) is 34.6 Å². The molecule has 1 aliphatic rings. The molecule has 0 saturated carbocycles. The standard InChI is InChI=1S/C19H18BrClN2O3/c1-11-2-3-13(20)10-15(11)23-18(24)6-7-22-19(25)17-9-12-8-14(21)4-5-16(12)26-17/h2-5,8,10,17H,6-7,9H2,1H3,(H,22,25)(H,23,24). The van der Waals surface area contributed by atoms with Gasteiger partial charge in [-0.1, -0.05) is 33.6 Å². The van der Waals surface area contributed by atoms with E-state index in [-0.39, 0.29) is 24.8 Å². The Bertz CT molecular complexity index is 857. The average molecular weight is 438 g/mol. The number of hydrogen-bond donors (Lipinski definition) is 2. The molecule has 0 bridgehead atoms. The van der Waals surface area contributed by atoms with E-state index in [2.05, 4.69) is 26.6 Å². The normalized spacial score (nSPS) is 15.1. The van der Waals surface area contributed by atoms with E-state index in [0.29, 0.717) is 17.2 Å². The molecule has 26 heavy (non-hydrogen) atoms. The van der Waals surface area contributed by atoms with Gasteiger partial charge in [-0.3, -0.25) is 9.59 Å². The third-order valence-electron chi connectivity index (χ3n) is 4.11. The van der Waals surface area contributed by atoms with E-state index in [9.17, 15) is 9.59 Å². The van der Waals surface area contributed by atoms with Crippen molar-refractivity contribution in [2.24, 2.45) is 0 Å². The Labute approximate surface area is 165 Å². The van der Waals surface area contributed by atoms with Gasteiger partial charge in [0.2, 0.25) is 5.91 Å². The summed E-state index contributed by atoms with van der Waals surface area (Å²) in [7, 11) is 0. The molecule has 2 aromatic rings. The number of amides is 2. The zero-order valence-electron chi connectivity index (χ0n) is 14.1. The maximum Gasteiger partial charge on any atom is 0.261 e. The molecule has 1 atom stereocenters. The molecule has 2 amide bonds. The first-order valence-corrected chi connectivity index (χ1v) is 9.38. The summed E-state index contributed by atoms with van der Waals surface area (Å²) in [6.07, 6.45) is 0.0767. The molecule has 0 fully saturated rings. The summed E-state index contributed by atoms with van der Waals surface area (Å²) in [4.78, 5) is 24.3. The van der Waals surface area contributed by atoms with E-state index in [1.54, 1.807) is 18.2 Å². The van der Waals surface area contributed by atoms with E-state index < -0.39 is 6.10 Å². The highest BCUT2D eigenvalue weighted by Gasteiger charge is 2.29. The van der Waals surface area contributed by atoms with Crippen molar-refractivity contribution in [2.75, 3.05) is 11.9 Å². The van der Waals surface area contributed by atoms with E-state index in [4.69, 9.17) is 16.3 Å². The second kappa shape index (κ2) is 8.10. The highest BCUT2D eigenvalue weighted by Crippen LogP contribution is 2.31. The molecule has 0 aromatic heterocycles. The molecule has 0 saturated heterocycles. The topological polar surface area (TPSA) is 67.4 Å². The Morgan fingerprint density at radius 1 is 1.27 bits per heavy atom. The van der Waals surface area contributed by atoms with Crippen LogP contribution in [0.5, 0.6) is 5.75 Å². The van der Waals surface area contributed by atoms with Crippen molar-refractivity contribution in [3.05, 3.63) is 57.0 Å². The van der Waals surface area contributed by atoms with Crippen molar-refractivity contribution in [3.63, 3.8) is 0 Å². The van der Waals surface area contributed by atoms with Crippen LogP contribution in [0.25, 0.3) is 0 Å². The third kappa shape index (κ3) is 4.56. The van der Waals surface area contributed by atoms with Gasteiger partial charge in [-0.15, -0.1) is 0 Å². The summed E-state index contributed by atoms with van der Waals surface area (Å²) in [5.74, 6) is 0.287. The van der Waals surface area contributed by atoms with Crippen LogP contribution in [0, 0.1) is 6.92 Å². The Hall–Kier alpha value is -2.05. The minimum absolute atomic E-state index is 0.158. The molecule has 2 N–H and O–H groups in total. The zero-order chi connectivity index (χ0) is 18.7. The number of nitrogens with one attached hydrogen (secondary N) is 2. The predicted molar refractivity (Wildman–Crippen MR) is 105 cm³/mol. The molecule has 2 aromatic carbocycles. The van der Waals surface area contributed by atoms with Crippen molar-refractivity contribution < 1.29 is 14.3 Å². The quantitative estimate of drug-likeness (QED) is 0.746. The number of aryl methyl sites for hydroxylation is 1. The summed E-state index contributed by atoms with van der Waals surface area (Å²) in [5.41, 5.74) is 2.64. The SMILES string of the molecule is Cc1ccc(Br)cc1NC(=O)CCNC(=O)C1Cc2cc(Cl)ccc2O1. The Morgan fingerprint density at radius 2 is 2.08 bits per heavy atom. The second-order valence-corrected chi connectivity index (χ2v) is 7.46. The first-order chi connectivity index (χ1) is 12.4. The monoisotopic (exact) mass is 436 g/mol. The molecular weight excluding hydrogens is 420 g/mol. The van der Waals surface area contributed by atoms with Gasteiger partial charge < -0.3 is 15.4 Å². The second-order valence-electron chi connectivity index (χ2n) is 6.11. The van der Waals surface area contributed by atoms with E-state index >= 15 is 0 Å². The number of benzene rings is 2. The third-order valence-corrected chi connectivity index (χ3v) is 4.84. The molecule has 1 aliphatic heterocycles. The molecular formula is C19H18BrClN2O3. The van der Waals surface area contributed by atoms with Gasteiger partial charge in [-0.05, 0) is 48.4 Å². The van der Waals surface area contributed by atoms with E-state index in [1.165, 1.54) is 0 Å². The lowest BCUT2D eigenvalue weighted by Gasteiger charge is -2.12. The fraction of sp³-hybridized carbons (Fsp3) is 0.263. The smallest absolute Gasteiger partial charge is 0.261 e. The van der Waals surface area contributed by atoms with Crippen LogP contribution in [-0.4, -0.2) is 24.5 Å². The van der Waals surface area contributed by atoms with Gasteiger partial charge >= 0.3 is 0 Å². The highest BCUT2D eigenvalue weighted by molar-refractivity contribution is 9.10. The van der Waals surface area contributed by atoms with Crippen LogP contribution in [0.4, 0.5) is 5.69 Å². The molecule has 0 aliphatic carbocycles. The fourth-order valence-electron chi connectivity index (χ4n) is 2.72. The summed E-state index contributed by atoms with van der Waals surface area (Å²) < 4.78 is 6.52. The van der Waals surface area contributed by atoms with Crippen LogP contribution in [0.3, 0.4) is 0 Å². The molecule has 3 rings (SSSR count). The first kappa shape index (κ1) is 18.7. The highest BCUT2D eigenvalue weighted by atomic mass is 79.9. The van der Waals surface area contributed by atoms with Crippen LogP contribution < -0.4 is 15.4 Å². The minimum atomic E-state index is -0.584. The van der Waals surface area contributed by atoms with Gasteiger partial charge in [-0.2, -0.15) is 0 Å². The summed E-state index contributed by atoms with van der Waals surface area (Å²) >= 11 is 9.33. The van der Waals surface area contributed by atoms with Gasteiger partial charge in [0.1, 0.15) is 5.75 Å². The lowest BCUT2D eigenvalue weighted by Crippen LogP contribution is -2.38. The predicted octanol–water partition coefficient (Wildman–Crippen LogP) is 3.86. The Kier molecular flexibility index (Phi) is 5.84. The van der Waals surface area contributed by atoms with Crippen LogP contribution in [0.15, 0.2) is 40.9 Å². The van der Waals surface area contributed by atoms with Crippen molar-refractivity contribution in [1.82, 2.24) is 5.32 Å². The van der Waals surface area contributed by atoms with Crippen LogP contribution >= 0.6 is 27.5 Å². The summed E-state index contributed by atoms with van der Waals surface area (Å²) in [6, 6.07) is 11.0. The van der Waals surface area contributed by atoms with Crippen molar-refractivity contribution in [3.8, 4) is 5.75 Å². The van der Waals surface area contributed by atoms with Crippen molar-refractivity contribution in [1.29, 1.82) is 0 Å². The lowest BCUT2D eigenvalue weighted by atomic mass is 10.1. The number of carbonyl (C=O) groups excluding carboxylic acids is 2. The number of carbonyl (C=O) groups is 2. The van der Waals surface area contributed by atoms with Crippen LogP contribution in [0.2, 0.25) is 5.02 Å². The molecule has 1 heterocycles. The molecule has 1 unspecified atom stereocenters. The Balaban J connectivity index is 1.45. The van der Waals surface area contributed by atoms with Gasteiger partial charge in [-0.25, -0.2) is 0 Å². The number of halogens is 2. The molecule has 136 valence electrons. The van der Waals surface area contributed by atoms with E-state index in [0.717, 1.165) is 21.3 Å². The van der Waals surface area contributed by atoms with Gasteiger partial charge in [0.05, 0.1) is 0 Å². The molecule has 5 nitrogen and oxygen atoms in total. The van der Waals surface area contributed by atoms with Crippen molar-refractivity contribution >= 4 is 45.0 Å². The first-order valence-electron chi connectivity index (χ1n) is 8.21. The zero-order valence-corrected chi connectivity index (χ0v) is 16.5. The van der Waals surface area contributed by atoms with Crippen LogP contribution in [-0.2, 0) is 16.0 Å². The minimum Gasteiger partial charge on any atom is -0.480 e. The number of rotatable bonds is 5. The fourth-order valence-corrected chi connectivity index (χ4v) is 3.27. The number of ether oxygens (including phenoxy) is 1. The summed E-state index contributed by atoms with van der Waals surface area (Å²) in [6.45, 7) is 2.17. The maximum atomic E-state index is 12.2. The largest absolute Gasteiger partial charge is 0.480 e. The molecule has 0 spiro atoms. The van der Waals surface area contributed by atoms with Crippen LogP contribution in [0.1, 0.15) is 17.5 Å². The molecule has 7 heteroatoms. The van der Waals surface area contributed by atoms with E-state index in [1.807, 2.05) is 25.1 Å². The van der Waals surface area contributed by atoms with Gasteiger partial charge in [0.25, 0.3) is 5.91 Å². The lowest BCUT2D eigenvalue weighted by molar-refractivity contribution is -0.127. The molecule has 0 radical (unpaired) electrons. The number of fused-ring (bicyclic) bond motifs is 1. The number of hydrogen-bond acceptors (Lipinski definition) is 3. The average Bonchev–Trinajstić information content (AvgIpc) is 3.01. The summed E-state index contributed by atoms with van der Waals surface area (Å²) in [5, 5.41) is 6.22. The van der Waals surface area contributed by atoms with Crippen molar-refractivity contribution in [2.45, 2.75) is 25.9 Å².